The van der Waals surface area contributed by atoms with Gasteiger partial charge < -0.3 is 14.7 Å². The van der Waals surface area contributed by atoms with Crippen LogP contribution in [-0.4, -0.2) is 40.6 Å². The lowest BCUT2D eigenvalue weighted by atomic mass is 10.2. The Morgan fingerprint density at radius 3 is 2.48 bits per heavy atom. The second kappa shape index (κ2) is 7.11. The predicted molar refractivity (Wildman–Crippen MR) is 78.1 cm³/mol. The summed E-state index contributed by atoms with van der Waals surface area (Å²) >= 11 is 0. The third-order valence-electron chi connectivity index (χ3n) is 3.76. The van der Waals surface area contributed by atoms with Crippen LogP contribution < -0.4 is 4.74 Å². The van der Waals surface area contributed by atoms with Gasteiger partial charge in [-0.05, 0) is 31.9 Å². The Hall–Kier alpha value is -2.04. The molecule has 0 aliphatic heterocycles. The molecule has 5 heteroatoms. The van der Waals surface area contributed by atoms with Gasteiger partial charge in [-0.25, -0.2) is 0 Å². The van der Waals surface area contributed by atoms with Gasteiger partial charge in [0.05, 0.1) is 0 Å². The van der Waals surface area contributed by atoms with Gasteiger partial charge in [0.25, 0.3) is 5.91 Å². The zero-order chi connectivity index (χ0) is 15.2. The molecule has 0 heterocycles. The first-order chi connectivity index (χ1) is 10.1. The van der Waals surface area contributed by atoms with E-state index in [1.807, 2.05) is 18.2 Å². The standard InChI is InChI=1S/C16H21NO4/c1-12(21-14-9-3-2-4-10-14)16(20)17(11-15(18)19)13-7-5-6-8-13/h2-4,9-10,12-13H,5-8,11H2,1H3,(H,18,19). The van der Waals surface area contributed by atoms with Crippen molar-refractivity contribution in [2.75, 3.05) is 6.54 Å². The van der Waals surface area contributed by atoms with Crippen molar-refractivity contribution in [3.63, 3.8) is 0 Å². The monoisotopic (exact) mass is 291 g/mol. The maximum atomic E-state index is 12.5. The minimum absolute atomic E-state index is 0.0235. The van der Waals surface area contributed by atoms with Crippen LogP contribution in [0.3, 0.4) is 0 Å². The molecule has 1 aliphatic carbocycles. The lowest BCUT2D eigenvalue weighted by Gasteiger charge is -2.30. The summed E-state index contributed by atoms with van der Waals surface area (Å²) in [5, 5.41) is 9.03. The summed E-state index contributed by atoms with van der Waals surface area (Å²) in [6, 6.07) is 9.11. The van der Waals surface area contributed by atoms with Crippen molar-refractivity contribution in [1.82, 2.24) is 4.90 Å². The molecule has 1 atom stereocenters. The van der Waals surface area contributed by atoms with Gasteiger partial charge >= 0.3 is 5.97 Å². The maximum absolute atomic E-state index is 12.5. The molecule has 0 saturated heterocycles. The van der Waals surface area contributed by atoms with Crippen LogP contribution in [0.2, 0.25) is 0 Å². The fourth-order valence-corrected chi connectivity index (χ4v) is 2.74. The molecule has 114 valence electrons. The highest BCUT2D eigenvalue weighted by molar-refractivity contribution is 5.85. The van der Waals surface area contributed by atoms with E-state index in [0.29, 0.717) is 5.75 Å². The van der Waals surface area contributed by atoms with E-state index >= 15 is 0 Å². The van der Waals surface area contributed by atoms with Crippen molar-refractivity contribution >= 4 is 11.9 Å². The van der Waals surface area contributed by atoms with Crippen molar-refractivity contribution in [3.8, 4) is 5.75 Å². The molecule has 0 aromatic heterocycles. The van der Waals surface area contributed by atoms with Crippen LogP contribution in [-0.2, 0) is 9.59 Å². The van der Waals surface area contributed by atoms with Crippen LogP contribution in [0.5, 0.6) is 5.75 Å². The number of carboxylic acid groups (broad SMARTS) is 1. The van der Waals surface area contributed by atoms with Crippen molar-refractivity contribution in [3.05, 3.63) is 30.3 Å². The average molecular weight is 291 g/mol. The molecule has 1 N–H and O–H groups in total. The van der Waals surface area contributed by atoms with Crippen LogP contribution >= 0.6 is 0 Å². The number of benzene rings is 1. The second-order valence-electron chi connectivity index (χ2n) is 5.37. The van der Waals surface area contributed by atoms with Crippen molar-refractivity contribution in [2.45, 2.75) is 44.8 Å². The van der Waals surface area contributed by atoms with Crippen LogP contribution in [0, 0.1) is 0 Å². The zero-order valence-corrected chi connectivity index (χ0v) is 12.2. The molecular formula is C16H21NO4. The second-order valence-corrected chi connectivity index (χ2v) is 5.37. The minimum Gasteiger partial charge on any atom is -0.481 e. The Labute approximate surface area is 124 Å². The number of hydrogen-bond acceptors (Lipinski definition) is 3. The average Bonchev–Trinajstić information content (AvgIpc) is 2.99. The van der Waals surface area contributed by atoms with E-state index in [4.69, 9.17) is 9.84 Å². The van der Waals surface area contributed by atoms with Gasteiger partial charge in [0, 0.05) is 6.04 Å². The molecule has 1 saturated carbocycles. The summed E-state index contributed by atoms with van der Waals surface area (Å²) in [7, 11) is 0. The van der Waals surface area contributed by atoms with Gasteiger partial charge in [-0.3, -0.25) is 9.59 Å². The third kappa shape index (κ3) is 4.21. The number of aliphatic carboxylic acids is 1. The molecule has 21 heavy (non-hydrogen) atoms. The summed E-state index contributed by atoms with van der Waals surface area (Å²) in [5.74, 6) is -0.629. The number of carboxylic acids is 1. The molecule has 1 aromatic rings. The Morgan fingerprint density at radius 2 is 1.90 bits per heavy atom. The van der Waals surface area contributed by atoms with E-state index < -0.39 is 12.1 Å². The van der Waals surface area contributed by atoms with Crippen molar-refractivity contribution in [1.29, 1.82) is 0 Å². The van der Waals surface area contributed by atoms with E-state index in [2.05, 4.69) is 0 Å². The SMILES string of the molecule is CC(Oc1ccccc1)C(=O)N(CC(=O)O)C1CCCC1. The molecule has 0 spiro atoms. The van der Waals surface area contributed by atoms with E-state index in [-0.39, 0.29) is 18.5 Å². The number of nitrogens with zero attached hydrogens (tertiary/aromatic N) is 1. The number of hydrogen-bond donors (Lipinski definition) is 1. The summed E-state index contributed by atoms with van der Waals surface area (Å²) in [6.45, 7) is 1.41. The normalized spacial score (nSPS) is 16.4. The fourth-order valence-electron chi connectivity index (χ4n) is 2.74. The van der Waals surface area contributed by atoms with Crippen LogP contribution in [0.1, 0.15) is 32.6 Å². The van der Waals surface area contributed by atoms with Gasteiger partial charge in [-0.1, -0.05) is 31.0 Å². The highest BCUT2D eigenvalue weighted by Gasteiger charge is 2.31. The van der Waals surface area contributed by atoms with Gasteiger partial charge in [0.2, 0.25) is 0 Å². The number of carbonyl (C=O) groups is 2. The zero-order valence-electron chi connectivity index (χ0n) is 12.2. The van der Waals surface area contributed by atoms with Crippen LogP contribution in [0.15, 0.2) is 30.3 Å². The van der Waals surface area contributed by atoms with Crippen LogP contribution in [0.25, 0.3) is 0 Å². The molecular weight excluding hydrogens is 270 g/mol. The lowest BCUT2D eigenvalue weighted by Crippen LogP contribution is -2.47. The molecule has 1 fully saturated rings. The summed E-state index contributed by atoms with van der Waals surface area (Å²) in [5.41, 5.74) is 0. The lowest BCUT2D eigenvalue weighted by molar-refractivity contribution is -0.149. The molecule has 0 radical (unpaired) electrons. The molecule has 0 bridgehead atoms. The largest absolute Gasteiger partial charge is 0.481 e. The van der Waals surface area contributed by atoms with Crippen LogP contribution in [0.4, 0.5) is 0 Å². The Morgan fingerprint density at radius 1 is 1.29 bits per heavy atom. The fraction of sp³-hybridized carbons (Fsp3) is 0.500. The first-order valence-corrected chi connectivity index (χ1v) is 7.32. The number of rotatable bonds is 6. The van der Waals surface area contributed by atoms with E-state index in [9.17, 15) is 9.59 Å². The molecule has 1 aliphatic rings. The highest BCUT2D eigenvalue weighted by Crippen LogP contribution is 2.24. The first kappa shape index (κ1) is 15.4. The number of amides is 1. The summed E-state index contributed by atoms with van der Waals surface area (Å²) in [6.07, 6.45) is 3.14. The van der Waals surface area contributed by atoms with Gasteiger partial charge in [-0.15, -0.1) is 0 Å². The van der Waals surface area contributed by atoms with Crippen molar-refractivity contribution in [2.24, 2.45) is 0 Å². The third-order valence-corrected chi connectivity index (χ3v) is 3.76. The van der Waals surface area contributed by atoms with Gasteiger partial charge in [0.15, 0.2) is 6.10 Å². The van der Waals surface area contributed by atoms with E-state index in [1.54, 1.807) is 19.1 Å². The summed E-state index contributed by atoms with van der Waals surface area (Å²) < 4.78 is 5.61. The van der Waals surface area contributed by atoms with Gasteiger partial charge in [-0.2, -0.15) is 0 Å². The molecule has 1 amide bonds. The molecule has 1 unspecified atom stereocenters. The Balaban J connectivity index is 2.04. The molecule has 5 nitrogen and oxygen atoms in total. The topological polar surface area (TPSA) is 66.8 Å². The quantitative estimate of drug-likeness (QED) is 0.873. The number of carbonyl (C=O) groups excluding carboxylic acids is 1. The van der Waals surface area contributed by atoms with Gasteiger partial charge in [0.1, 0.15) is 12.3 Å². The molecule has 2 rings (SSSR count). The predicted octanol–water partition coefficient (Wildman–Crippen LogP) is 2.31. The van der Waals surface area contributed by atoms with Crippen molar-refractivity contribution < 1.29 is 19.4 Å². The highest BCUT2D eigenvalue weighted by atomic mass is 16.5. The van der Waals surface area contributed by atoms with E-state index in [1.165, 1.54) is 4.90 Å². The Bertz CT molecular complexity index is 482. The number of ether oxygens (including phenoxy) is 1. The Kier molecular flexibility index (Phi) is 5.20. The summed E-state index contributed by atoms with van der Waals surface area (Å²) in [4.78, 5) is 25.0. The minimum atomic E-state index is -0.984. The number of para-hydroxylation sites is 1. The molecule has 1 aromatic carbocycles. The van der Waals surface area contributed by atoms with E-state index in [0.717, 1.165) is 25.7 Å². The smallest absolute Gasteiger partial charge is 0.323 e. The maximum Gasteiger partial charge on any atom is 0.323 e. The first-order valence-electron chi connectivity index (χ1n) is 7.32.